The summed E-state index contributed by atoms with van der Waals surface area (Å²) in [7, 11) is 1.99. The van der Waals surface area contributed by atoms with Crippen LogP contribution in [0.25, 0.3) is 0 Å². The molecule has 124 valence electrons. The Kier molecular flexibility index (Phi) is 6.87. The molecule has 0 saturated carbocycles. The SMILES string of the molecule is CN1CCN(C(=O)[C@@H]2CC[C@H](CN)O2)c2cccnc21.Cl.Cl. The molecule has 1 fully saturated rings. The molecule has 22 heavy (non-hydrogen) atoms. The Bertz CT molecular complexity index is 517. The van der Waals surface area contributed by atoms with Gasteiger partial charge in [0.15, 0.2) is 5.82 Å². The highest BCUT2D eigenvalue weighted by atomic mass is 35.5. The monoisotopic (exact) mass is 348 g/mol. The van der Waals surface area contributed by atoms with Crippen molar-refractivity contribution in [3.8, 4) is 0 Å². The summed E-state index contributed by atoms with van der Waals surface area (Å²) < 4.78 is 5.72. The van der Waals surface area contributed by atoms with Crippen LogP contribution in [0.4, 0.5) is 11.5 Å². The standard InChI is InChI=1S/C14H20N4O2.2ClH/c1-17-7-8-18(11-3-2-6-16-13(11)17)14(19)12-5-4-10(9-15)20-12;;/h2-3,6,10,12H,4-5,7-9,15H2,1H3;2*1H/t10-,12+;;/m1../s1. The predicted molar refractivity (Wildman–Crippen MR) is 91.3 cm³/mol. The highest BCUT2D eigenvalue weighted by molar-refractivity contribution is 5.99. The zero-order valence-electron chi connectivity index (χ0n) is 12.5. The van der Waals surface area contributed by atoms with Gasteiger partial charge in [-0.15, -0.1) is 24.8 Å². The summed E-state index contributed by atoms with van der Waals surface area (Å²) in [4.78, 5) is 20.9. The maximum atomic E-state index is 12.6. The van der Waals surface area contributed by atoms with E-state index in [4.69, 9.17) is 10.5 Å². The number of rotatable bonds is 2. The van der Waals surface area contributed by atoms with E-state index in [2.05, 4.69) is 9.88 Å². The van der Waals surface area contributed by atoms with Gasteiger partial charge in [-0.2, -0.15) is 0 Å². The number of pyridine rings is 1. The predicted octanol–water partition coefficient (Wildman–Crippen LogP) is 1.21. The van der Waals surface area contributed by atoms with Crippen molar-refractivity contribution in [3.63, 3.8) is 0 Å². The van der Waals surface area contributed by atoms with Gasteiger partial charge in [0.1, 0.15) is 6.10 Å². The average molecular weight is 349 g/mol. The van der Waals surface area contributed by atoms with Crippen LogP contribution in [0, 0.1) is 0 Å². The van der Waals surface area contributed by atoms with Crippen LogP contribution in [0.5, 0.6) is 0 Å². The van der Waals surface area contributed by atoms with Crippen molar-refractivity contribution in [3.05, 3.63) is 18.3 Å². The quantitative estimate of drug-likeness (QED) is 0.869. The molecule has 3 rings (SSSR count). The van der Waals surface area contributed by atoms with E-state index in [0.717, 1.165) is 30.9 Å². The van der Waals surface area contributed by atoms with Gasteiger partial charge in [0.2, 0.25) is 0 Å². The number of aromatic nitrogens is 1. The summed E-state index contributed by atoms with van der Waals surface area (Å²) in [5, 5.41) is 0. The lowest BCUT2D eigenvalue weighted by Gasteiger charge is -2.35. The van der Waals surface area contributed by atoms with E-state index >= 15 is 0 Å². The summed E-state index contributed by atoms with van der Waals surface area (Å²) in [5.74, 6) is 0.878. The van der Waals surface area contributed by atoms with Crippen LogP contribution < -0.4 is 15.5 Å². The van der Waals surface area contributed by atoms with Crippen molar-refractivity contribution in [2.75, 3.05) is 36.5 Å². The lowest BCUT2D eigenvalue weighted by Crippen LogP contribution is -2.47. The molecule has 0 aromatic carbocycles. The van der Waals surface area contributed by atoms with Gasteiger partial charge < -0.3 is 20.3 Å². The number of carbonyl (C=O) groups excluding carboxylic acids is 1. The summed E-state index contributed by atoms with van der Waals surface area (Å²) in [5.41, 5.74) is 6.47. The summed E-state index contributed by atoms with van der Waals surface area (Å²) >= 11 is 0. The Labute approximate surface area is 142 Å². The maximum absolute atomic E-state index is 12.6. The molecular formula is C14H22Cl2N4O2. The Hall–Kier alpha value is -1.08. The summed E-state index contributed by atoms with van der Waals surface area (Å²) in [6, 6.07) is 3.79. The minimum absolute atomic E-state index is 0. The lowest BCUT2D eigenvalue weighted by molar-refractivity contribution is -0.129. The maximum Gasteiger partial charge on any atom is 0.256 e. The van der Waals surface area contributed by atoms with E-state index in [9.17, 15) is 4.79 Å². The highest BCUT2D eigenvalue weighted by Crippen LogP contribution is 2.31. The van der Waals surface area contributed by atoms with E-state index in [1.54, 1.807) is 11.1 Å². The molecule has 0 bridgehead atoms. The number of nitrogens with two attached hydrogens (primary N) is 1. The van der Waals surface area contributed by atoms with Gasteiger partial charge in [-0.25, -0.2) is 4.98 Å². The third kappa shape index (κ3) is 3.46. The summed E-state index contributed by atoms with van der Waals surface area (Å²) in [6.45, 7) is 1.93. The number of hydrogen-bond donors (Lipinski definition) is 1. The van der Waals surface area contributed by atoms with Gasteiger partial charge >= 0.3 is 0 Å². The van der Waals surface area contributed by atoms with Gasteiger partial charge in [0.05, 0.1) is 11.8 Å². The Morgan fingerprint density at radius 3 is 2.86 bits per heavy atom. The molecule has 0 aliphatic carbocycles. The number of halogens is 2. The van der Waals surface area contributed by atoms with Gasteiger partial charge in [-0.05, 0) is 25.0 Å². The Morgan fingerprint density at radius 1 is 1.41 bits per heavy atom. The van der Waals surface area contributed by atoms with E-state index in [1.165, 1.54) is 0 Å². The largest absolute Gasteiger partial charge is 0.364 e. The van der Waals surface area contributed by atoms with Gasteiger partial charge in [-0.1, -0.05) is 0 Å². The first kappa shape index (κ1) is 19.0. The molecule has 2 aliphatic heterocycles. The van der Waals surface area contributed by atoms with E-state index in [0.29, 0.717) is 13.1 Å². The molecule has 6 nitrogen and oxygen atoms in total. The van der Waals surface area contributed by atoms with Crippen molar-refractivity contribution in [2.24, 2.45) is 5.73 Å². The molecule has 1 aromatic rings. The molecule has 1 saturated heterocycles. The summed E-state index contributed by atoms with van der Waals surface area (Å²) in [6.07, 6.45) is 3.02. The number of amides is 1. The van der Waals surface area contributed by atoms with E-state index in [1.807, 2.05) is 19.2 Å². The van der Waals surface area contributed by atoms with Crippen molar-refractivity contribution in [1.29, 1.82) is 0 Å². The van der Waals surface area contributed by atoms with Crippen LogP contribution >= 0.6 is 24.8 Å². The fourth-order valence-corrected chi connectivity index (χ4v) is 2.83. The molecule has 2 aliphatic rings. The van der Waals surface area contributed by atoms with Crippen molar-refractivity contribution < 1.29 is 9.53 Å². The second-order valence-corrected chi connectivity index (χ2v) is 5.32. The first-order valence-corrected chi connectivity index (χ1v) is 7.03. The van der Waals surface area contributed by atoms with Crippen molar-refractivity contribution in [2.45, 2.75) is 25.0 Å². The second-order valence-electron chi connectivity index (χ2n) is 5.32. The number of ether oxygens (including phenoxy) is 1. The number of nitrogens with zero attached hydrogens (tertiary/aromatic N) is 3. The molecule has 2 N–H and O–H groups in total. The van der Waals surface area contributed by atoms with Crippen LogP contribution in [-0.2, 0) is 9.53 Å². The number of carbonyl (C=O) groups is 1. The van der Waals surface area contributed by atoms with Crippen LogP contribution in [0.3, 0.4) is 0 Å². The number of hydrogen-bond acceptors (Lipinski definition) is 5. The van der Waals surface area contributed by atoms with E-state index in [-0.39, 0.29) is 42.9 Å². The van der Waals surface area contributed by atoms with Gasteiger partial charge in [-0.3, -0.25) is 4.79 Å². The topological polar surface area (TPSA) is 71.7 Å². The highest BCUT2D eigenvalue weighted by Gasteiger charge is 2.35. The lowest BCUT2D eigenvalue weighted by atomic mass is 10.1. The first-order valence-electron chi connectivity index (χ1n) is 7.03. The first-order chi connectivity index (χ1) is 9.70. The Morgan fingerprint density at radius 2 is 2.18 bits per heavy atom. The smallest absolute Gasteiger partial charge is 0.256 e. The van der Waals surface area contributed by atoms with Gasteiger partial charge in [0, 0.05) is 32.9 Å². The molecule has 1 aromatic heterocycles. The van der Waals surface area contributed by atoms with Crippen LogP contribution in [0.1, 0.15) is 12.8 Å². The average Bonchev–Trinajstić information content (AvgIpc) is 2.96. The molecule has 0 spiro atoms. The molecular weight excluding hydrogens is 327 g/mol. The van der Waals surface area contributed by atoms with Crippen LogP contribution in [0.15, 0.2) is 18.3 Å². The molecule has 2 atom stereocenters. The molecule has 0 unspecified atom stereocenters. The number of likely N-dealkylation sites (N-methyl/N-ethyl adjacent to an activating group) is 1. The minimum atomic E-state index is -0.361. The molecule has 8 heteroatoms. The second kappa shape index (κ2) is 7.97. The van der Waals surface area contributed by atoms with Crippen LogP contribution in [0.2, 0.25) is 0 Å². The zero-order valence-corrected chi connectivity index (χ0v) is 14.1. The van der Waals surface area contributed by atoms with E-state index < -0.39 is 0 Å². The Balaban J connectivity index is 0.00000121. The molecule has 3 heterocycles. The van der Waals surface area contributed by atoms with Crippen LogP contribution in [-0.4, -0.2) is 49.8 Å². The third-order valence-corrected chi connectivity index (χ3v) is 3.99. The zero-order chi connectivity index (χ0) is 14.1. The van der Waals surface area contributed by atoms with Crippen molar-refractivity contribution >= 4 is 42.2 Å². The fraction of sp³-hybridized carbons (Fsp3) is 0.571. The number of fused-ring (bicyclic) bond motifs is 1. The minimum Gasteiger partial charge on any atom is -0.364 e. The third-order valence-electron chi connectivity index (χ3n) is 3.99. The normalized spacial score (nSPS) is 23.4. The number of anilines is 2. The molecule has 0 radical (unpaired) electrons. The fourth-order valence-electron chi connectivity index (χ4n) is 2.83. The van der Waals surface area contributed by atoms with Gasteiger partial charge in [0.25, 0.3) is 5.91 Å². The van der Waals surface area contributed by atoms with Crippen molar-refractivity contribution in [1.82, 2.24) is 4.98 Å². The molecule has 1 amide bonds.